The number of nitrogens with zero attached hydrogens (tertiary/aromatic N) is 1. The molecule has 124 valence electrons. The third-order valence-electron chi connectivity index (χ3n) is 5.57. The van der Waals surface area contributed by atoms with E-state index in [9.17, 15) is 29.4 Å². The number of anilines is 1. The maximum atomic E-state index is 12.7. The van der Waals surface area contributed by atoms with Crippen molar-refractivity contribution in [3.63, 3.8) is 0 Å². The SMILES string of the molecule is O=C([O-])c1cc(C(=O)[O-])cc(N2C(=O)[C@@H]3[C@H]4CC[C@H](C4)[C@@H]3C2=O)c1. The van der Waals surface area contributed by atoms with Gasteiger partial charge < -0.3 is 19.8 Å². The number of carbonyl (C=O) groups is 4. The van der Waals surface area contributed by atoms with Crippen molar-refractivity contribution in [3.05, 3.63) is 29.3 Å². The van der Waals surface area contributed by atoms with Crippen LogP contribution in [0.3, 0.4) is 0 Å². The van der Waals surface area contributed by atoms with Crippen LogP contribution in [0.1, 0.15) is 40.0 Å². The van der Waals surface area contributed by atoms with Gasteiger partial charge in [0.25, 0.3) is 0 Å². The second-order valence-corrected chi connectivity index (χ2v) is 6.74. The molecular formula is C17H13NO6-2. The van der Waals surface area contributed by atoms with Crippen molar-refractivity contribution in [2.75, 3.05) is 4.90 Å². The summed E-state index contributed by atoms with van der Waals surface area (Å²) in [6.45, 7) is 0. The molecule has 24 heavy (non-hydrogen) atoms. The van der Waals surface area contributed by atoms with Crippen LogP contribution in [0, 0.1) is 23.7 Å². The van der Waals surface area contributed by atoms with Crippen molar-refractivity contribution in [1.82, 2.24) is 0 Å². The summed E-state index contributed by atoms with van der Waals surface area (Å²) in [7, 11) is 0. The Morgan fingerprint density at radius 2 is 1.33 bits per heavy atom. The molecule has 0 N–H and O–H groups in total. The monoisotopic (exact) mass is 327 g/mol. The van der Waals surface area contributed by atoms with Gasteiger partial charge in [-0.3, -0.25) is 9.59 Å². The zero-order valence-electron chi connectivity index (χ0n) is 12.6. The van der Waals surface area contributed by atoms with Crippen LogP contribution in [-0.4, -0.2) is 23.8 Å². The molecule has 0 spiro atoms. The summed E-state index contributed by atoms with van der Waals surface area (Å²) in [5.41, 5.74) is -0.862. The molecule has 0 radical (unpaired) electrons. The Morgan fingerprint density at radius 1 is 0.875 bits per heavy atom. The number of benzene rings is 1. The molecule has 2 saturated carbocycles. The fourth-order valence-corrected chi connectivity index (χ4v) is 4.64. The van der Waals surface area contributed by atoms with Gasteiger partial charge in [-0.2, -0.15) is 0 Å². The van der Waals surface area contributed by atoms with Gasteiger partial charge in [0.05, 0.1) is 29.5 Å². The van der Waals surface area contributed by atoms with Gasteiger partial charge in [-0.25, -0.2) is 4.90 Å². The molecule has 1 aromatic carbocycles. The average molecular weight is 327 g/mol. The summed E-state index contributed by atoms with van der Waals surface area (Å²) in [6, 6.07) is 3.09. The van der Waals surface area contributed by atoms with E-state index in [-0.39, 0.29) is 41.2 Å². The van der Waals surface area contributed by atoms with E-state index in [0.29, 0.717) is 0 Å². The number of aromatic carboxylic acids is 2. The predicted octanol–water partition coefficient (Wildman–Crippen LogP) is -1.05. The van der Waals surface area contributed by atoms with Crippen LogP contribution < -0.4 is 15.1 Å². The molecule has 7 heteroatoms. The molecule has 7 nitrogen and oxygen atoms in total. The molecule has 4 rings (SSSR count). The number of carbonyl (C=O) groups excluding carboxylic acids is 4. The first-order valence-corrected chi connectivity index (χ1v) is 7.84. The van der Waals surface area contributed by atoms with E-state index in [0.717, 1.165) is 42.4 Å². The second-order valence-electron chi connectivity index (χ2n) is 6.74. The lowest BCUT2D eigenvalue weighted by molar-refractivity contribution is -0.255. The highest BCUT2D eigenvalue weighted by Crippen LogP contribution is 2.56. The van der Waals surface area contributed by atoms with E-state index in [1.165, 1.54) is 0 Å². The number of hydrogen-bond acceptors (Lipinski definition) is 6. The van der Waals surface area contributed by atoms with E-state index in [1.807, 2.05) is 0 Å². The van der Waals surface area contributed by atoms with Crippen LogP contribution in [0.5, 0.6) is 0 Å². The highest BCUT2D eigenvalue weighted by Gasteiger charge is 2.61. The zero-order chi connectivity index (χ0) is 17.2. The lowest BCUT2D eigenvalue weighted by Gasteiger charge is -2.20. The molecule has 3 aliphatic rings. The smallest absolute Gasteiger partial charge is 0.237 e. The maximum absolute atomic E-state index is 12.7. The van der Waals surface area contributed by atoms with Crippen LogP contribution in [0.4, 0.5) is 5.69 Å². The first-order chi connectivity index (χ1) is 11.4. The van der Waals surface area contributed by atoms with E-state index in [2.05, 4.69) is 0 Å². The number of carboxylic acids is 2. The summed E-state index contributed by atoms with van der Waals surface area (Å²) < 4.78 is 0. The molecule has 1 aliphatic heterocycles. The van der Waals surface area contributed by atoms with Crippen molar-refractivity contribution in [3.8, 4) is 0 Å². The normalized spacial score (nSPS) is 30.8. The van der Waals surface area contributed by atoms with Gasteiger partial charge in [0.15, 0.2) is 0 Å². The molecule has 1 saturated heterocycles. The van der Waals surface area contributed by atoms with Gasteiger partial charge in [-0.15, -0.1) is 0 Å². The van der Waals surface area contributed by atoms with Crippen LogP contribution in [0.15, 0.2) is 18.2 Å². The fraction of sp³-hybridized carbons (Fsp3) is 0.412. The summed E-state index contributed by atoms with van der Waals surface area (Å²) >= 11 is 0. The summed E-state index contributed by atoms with van der Waals surface area (Å²) in [4.78, 5) is 48.6. The van der Waals surface area contributed by atoms with Gasteiger partial charge in [-0.1, -0.05) is 0 Å². The largest absolute Gasteiger partial charge is 0.545 e. The molecule has 0 aromatic heterocycles. The van der Waals surface area contributed by atoms with Gasteiger partial charge >= 0.3 is 0 Å². The second kappa shape index (κ2) is 4.90. The number of rotatable bonds is 3. The minimum atomic E-state index is -1.58. The van der Waals surface area contributed by atoms with Gasteiger partial charge in [0.2, 0.25) is 11.8 Å². The minimum absolute atomic E-state index is 0.0419. The average Bonchev–Trinajstić information content (AvgIpc) is 3.21. The number of imide groups is 1. The Hall–Kier alpha value is -2.70. The zero-order valence-corrected chi connectivity index (χ0v) is 12.6. The highest BCUT2D eigenvalue weighted by molar-refractivity contribution is 6.23. The third-order valence-corrected chi connectivity index (χ3v) is 5.57. The first kappa shape index (κ1) is 14.9. The Kier molecular flexibility index (Phi) is 3.03. The molecule has 1 aromatic rings. The van der Waals surface area contributed by atoms with Crippen molar-refractivity contribution in [1.29, 1.82) is 0 Å². The molecule has 0 unspecified atom stereocenters. The third kappa shape index (κ3) is 1.90. The van der Waals surface area contributed by atoms with E-state index >= 15 is 0 Å². The molecule has 2 bridgehead atoms. The van der Waals surface area contributed by atoms with Gasteiger partial charge in [-0.05, 0) is 60.4 Å². The van der Waals surface area contributed by atoms with Crippen LogP contribution in [0.25, 0.3) is 0 Å². The predicted molar refractivity (Wildman–Crippen MR) is 75.4 cm³/mol. The Labute approximate surface area is 136 Å². The van der Waals surface area contributed by atoms with E-state index in [1.54, 1.807) is 0 Å². The number of amides is 2. The topological polar surface area (TPSA) is 118 Å². The lowest BCUT2D eigenvalue weighted by atomic mass is 9.81. The Morgan fingerprint density at radius 3 is 1.75 bits per heavy atom. The van der Waals surface area contributed by atoms with E-state index in [4.69, 9.17) is 0 Å². The van der Waals surface area contributed by atoms with Crippen molar-refractivity contribution in [2.45, 2.75) is 19.3 Å². The number of carboxylic acid groups (broad SMARTS) is 2. The Balaban J connectivity index is 1.79. The minimum Gasteiger partial charge on any atom is -0.545 e. The lowest BCUT2D eigenvalue weighted by Crippen LogP contribution is -2.34. The van der Waals surface area contributed by atoms with Crippen LogP contribution in [0.2, 0.25) is 0 Å². The standard InChI is InChI=1S/C17H15NO6/c19-14-12-7-1-2-8(3-7)13(12)15(20)18(14)11-5-9(16(21)22)4-10(6-11)17(23)24/h4-8,12-13H,1-3H2,(H,21,22)(H,23,24)/p-2/t7-,8+,12+,13-. The maximum Gasteiger partial charge on any atom is 0.237 e. The summed E-state index contributed by atoms with van der Waals surface area (Å²) in [5, 5.41) is 22.2. The number of fused-ring (bicyclic) bond motifs is 5. The van der Waals surface area contributed by atoms with Crippen molar-refractivity contribution < 1.29 is 29.4 Å². The molecule has 3 fully saturated rings. The van der Waals surface area contributed by atoms with Gasteiger partial charge in [0, 0.05) is 0 Å². The summed E-state index contributed by atoms with van der Waals surface area (Å²) in [5.74, 6) is -4.26. The van der Waals surface area contributed by atoms with Gasteiger partial charge in [0.1, 0.15) is 0 Å². The molecule has 2 aliphatic carbocycles. The summed E-state index contributed by atoms with van der Waals surface area (Å²) in [6.07, 6.45) is 2.72. The molecule has 1 heterocycles. The quantitative estimate of drug-likeness (QED) is 0.654. The number of hydrogen-bond donors (Lipinski definition) is 0. The molecule has 2 amide bonds. The van der Waals surface area contributed by atoms with Crippen molar-refractivity contribution >= 4 is 29.4 Å². The van der Waals surface area contributed by atoms with Crippen LogP contribution >= 0.6 is 0 Å². The molecule has 4 atom stereocenters. The van der Waals surface area contributed by atoms with Crippen LogP contribution in [-0.2, 0) is 9.59 Å². The first-order valence-electron chi connectivity index (χ1n) is 7.84. The van der Waals surface area contributed by atoms with Crippen molar-refractivity contribution in [2.24, 2.45) is 23.7 Å². The highest BCUT2D eigenvalue weighted by atomic mass is 16.4. The molecular weight excluding hydrogens is 314 g/mol. The fourth-order valence-electron chi connectivity index (χ4n) is 4.64. The van der Waals surface area contributed by atoms with E-state index < -0.39 is 23.1 Å². The Bertz CT molecular complexity index is 740.